The summed E-state index contributed by atoms with van der Waals surface area (Å²) in [5.41, 5.74) is 0.711. The van der Waals surface area contributed by atoms with Gasteiger partial charge in [0.25, 0.3) is 5.91 Å². The molecule has 1 saturated heterocycles. The van der Waals surface area contributed by atoms with Crippen molar-refractivity contribution in [1.82, 2.24) is 19.6 Å². The van der Waals surface area contributed by atoms with Crippen molar-refractivity contribution in [2.24, 2.45) is 0 Å². The molecule has 0 saturated carbocycles. The quantitative estimate of drug-likeness (QED) is 0.808. The Hall–Kier alpha value is -1.36. The Balaban J connectivity index is 2.03. The summed E-state index contributed by atoms with van der Waals surface area (Å²) in [5.74, 6) is 0.119. The smallest absolute Gasteiger partial charge is 0.272 e. The number of hydrogen-bond donors (Lipinski definition) is 0. The van der Waals surface area contributed by atoms with Crippen molar-refractivity contribution in [3.8, 4) is 0 Å². The Morgan fingerprint density at radius 3 is 2.79 bits per heavy atom. The number of hydrogen-bond acceptors (Lipinski definition) is 3. The summed E-state index contributed by atoms with van der Waals surface area (Å²) in [6.45, 7) is 10.9. The number of aromatic nitrogens is 2. The van der Waals surface area contributed by atoms with Gasteiger partial charge in [0.15, 0.2) is 0 Å². The molecule has 0 N–H and O–H groups in total. The molecule has 1 aliphatic heterocycles. The Morgan fingerprint density at radius 2 is 2.16 bits per heavy atom. The molecule has 1 aromatic rings. The molecule has 19 heavy (non-hydrogen) atoms. The lowest BCUT2D eigenvalue weighted by Crippen LogP contribution is -2.39. The maximum atomic E-state index is 12.5. The van der Waals surface area contributed by atoms with Crippen molar-refractivity contribution in [2.45, 2.75) is 39.8 Å². The first-order chi connectivity index (χ1) is 9.21. The second-order valence-electron chi connectivity index (χ2n) is 4.95. The van der Waals surface area contributed by atoms with Crippen LogP contribution in [-0.2, 0) is 6.54 Å². The number of aryl methyl sites for hydroxylation is 1. The zero-order chi connectivity index (χ0) is 13.8. The number of likely N-dealkylation sites (tertiary alicyclic amines) is 1. The molecule has 1 atom stereocenters. The van der Waals surface area contributed by atoms with Crippen LogP contribution in [0.15, 0.2) is 12.3 Å². The number of rotatable bonds is 5. The third-order valence-corrected chi connectivity index (χ3v) is 4.01. The van der Waals surface area contributed by atoms with Gasteiger partial charge in [-0.25, -0.2) is 0 Å². The van der Waals surface area contributed by atoms with E-state index in [0.717, 1.165) is 39.1 Å². The highest BCUT2D eigenvalue weighted by Crippen LogP contribution is 2.18. The minimum absolute atomic E-state index is 0.119. The highest BCUT2D eigenvalue weighted by atomic mass is 16.2. The molecule has 0 radical (unpaired) electrons. The lowest BCUT2D eigenvalue weighted by Gasteiger charge is -2.26. The van der Waals surface area contributed by atoms with E-state index in [4.69, 9.17) is 0 Å². The number of carbonyl (C=O) groups excluding carboxylic acids is 1. The van der Waals surface area contributed by atoms with Crippen LogP contribution in [-0.4, -0.2) is 57.7 Å². The second kappa shape index (κ2) is 6.19. The molecule has 2 rings (SSSR count). The first-order valence-electron chi connectivity index (χ1n) is 7.26. The van der Waals surface area contributed by atoms with Gasteiger partial charge in [-0.2, -0.15) is 5.10 Å². The molecule has 0 aliphatic carbocycles. The van der Waals surface area contributed by atoms with Gasteiger partial charge in [0.1, 0.15) is 5.69 Å². The predicted molar refractivity (Wildman–Crippen MR) is 75.1 cm³/mol. The summed E-state index contributed by atoms with van der Waals surface area (Å²) >= 11 is 0. The number of carbonyl (C=O) groups is 1. The summed E-state index contributed by atoms with van der Waals surface area (Å²) in [7, 11) is 0. The molecular formula is C14H24N4O. The van der Waals surface area contributed by atoms with Crippen LogP contribution in [0.4, 0.5) is 0 Å². The van der Waals surface area contributed by atoms with Crippen LogP contribution in [0.2, 0.25) is 0 Å². The monoisotopic (exact) mass is 264 g/mol. The van der Waals surface area contributed by atoms with E-state index >= 15 is 0 Å². The fourth-order valence-corrected chi connectivity index (χ4v) is 2.89. The fourth-order valence-electron chi connectivity index (χ4n) is 2.89. The Morgan fingerprint density at radius 1 is 1.42 bits per heavy atom. The minimum atomic E-state index is 0.119. The van der Waals surface area contributed by atoms with E-state index in [1.165, 1.54) is 0 Å². The molecule has 106 valence electrons. The van der Waals surface area contributed by atoms with Crippen molar-refractivity contribution >= 4 is 5.91 Å². The molecule has 5 heteroatoms. The summed E-state index contributed by atoms with van der Waals surface area (Å²) < 4.78 is 1.77. The number of amides is 1. The van der Waals surface area contributed by atoms with Crippen LogP contribution < -0.4 is 0 Å². The highest BCUT2D eigenvalue weighted by molar-refractivity contribution is 5.92. The third-order valence-electron chi connectivity index (χ3n) is 4.01. The molecule has 5 nitrogen and oxygen atoms in total. The predicted octanol–water partition coefficient (Wildman–Crippen LogP) is 1.46. The van der Waals surface area contributed by atoms with Crippen molar-refractivity contribution < 1.29 is 4.79 Å². The van der Waals surface area contributed by atoms with E-state index in [-0.39, 0.29) is 5.91 Å². The average molecular weight is 264 g/mol. The van der Waals surface area contributed by atoms with Gasteiger partial charge in [-0.3, -0.25) is 14.4 Å². The normalized spacial score (nSPS) is 19.4. The standard InChI is InChI=1S/C14H24N4O/c1-4-16(5-2)12-8-10-17(11-12)14(19)13-7-9-15-18(13)6-3/h7,9,12H,4-6,8,10-11H2,1-3H3/t12-/m1/s1. The van der Waals surface area contributed by atoms with Gasteiger partial charge < -0.3 is 4.90 Å². The Kier molecular flexibility index (Phi) is 4.58. The van der Waals surface area contributed by atoms with Crippen molar-refractivity contribution in [3.05, 3.63) is 18.0 Å². The van der Waals surface area contributed by atoms with Gasteiger partial charge in [-0.05, 0) is 32.5 Å². The van der Waals surface area contributed by atoms with E-state index in [1.54, 1.807) is 10.9 Å². The van der Waals surface area contributed by atoms with Crippen LogP contribution in [0, 0.1) is 0 Å². The molecule has 1 aromatic heterocycles. The molecule has 0 spiro atoms. The van der Waals surface area contributed by atoms with E-state index in [1.807, 2.05) is 17.9 Å². The van der Waals surface area contributed by atoms with Gasteiger partial charge in [0, 0.05) is 31.9 Å². The summed E-state index contributed by atoms with van der Waals surface area (Å²) in [5, 5.41) is 4.17. The van der Waals surface area contributed by atoms with Crippen molar-refractivity contribution in [3.63, 3.8) is 0 Å². The van der Waals surface area contributed by atoms with E-state index in [9.17, 15) is 4.79 Å². The second-order valence-corrected chi connectivity index (χ2v) is 4.95. The molecule has 1 fully saturated rings. The van der Waals surface area contributed by atoms with Crippen molar-refractivity contribution in [2.75, 3.05) is 26.2 Å². The molecule has 1 amide bonds. The van der Waals surface area contributed by atoms with E-state index < -0.39 is 0 Å². The summed E-state index contributed by atoms with van der Waals surface area (Å²) in [6, 6.07) is 2.33. The molecular weight excluding hydrogens is 240 g/mol. The van der Waals surface area contributed by atoms with Crippen LogP contribution in [0.1, 0.15) is 37.7 Å². The SMILES string of the molecule is CCN(CC)[C@@H]1CCN(C(=O)c2ccnn2CC)C1. The zero-order valence-corrected chi connectivity index (χ0v) is 12.2. The first kappa shape index (κ1) is 14.1. The minimum Gasteiger partial charge on any atom is -0.336 e. The summed E-state index contributed by atoms with van der Waals surface area (Å²) in [4.78, 5) is 16.9. The first-order valence-corrected chi connectivity index (χ1v) is 7.26. The molecule has 0 unspecified atom stereocenters. The van der Waals surface area contributed by atoms with E-state index in [0.29, 0.717) is 11.7 Å². The Labute approximate surface area is 115 Å². The van der Waals surface area contributed by atoms with Gasteiger partial charge in [-0.15, -0.1) is 0 Å². The topological polar surface area (TPSA) is 41.4 Å². The maximum Gasteiger partial charge on any atom is 0.272 e. The lowest BCUT2D eigenvalue weighted by atomic mass is 10.2. The van der Waals surface area contributed by atoms with E-state index in [2.05, 4.69) is 23.8 Å². The van der Waals surface area contributed by atoms with Crippen LogP contribution >= 0.6 is 0 Å². The lowest BCUT2D eigenvalue weighted by molar-refractivity contribution is 0.0765. The molecule has 0 aromatic carbocycles. The maximum absolute atomic E-state index is 12.5. The van der Waals surface area contributed by atoms with Crippen LogP contribution in [0.25, 0.3) is 0 Å². The molecule has 0 bridgehead atoms. The van der Waals surface area contributed by atoms with Crippen molar-refractivity contribution in [1.29, 1.82) is 0 Å². The van der Waals surface area contributed by atoms with Crippen LogP contribution in [0.3, 0.4) is 0 Å². The summed E-state index contributed by atoms with van der Waals surface area (Å²) in [6.07, 6.45) is 2.78. The Bertz CT molecular complexity index is 425. The highest BCUT2D eigenvalue weighted by Gasteiger charge is 2.30. The number of nitrogens with zero attached hydrogens (tertiary/aromatic N) is 4. The van der Waals surface area contributed by atoms with Crippen LogP contribution in [0.5, 0.6) is 0 Å². The van der Waals surface area contributed by atoms with Gasteiger partial charge in [-0.1, -0.05) is 13.8 Å². The zero-order valence-electron chi connectivity index (χ0n) is 12.2. The largest absolute Gasteiger partial charge is 0.336 e. The third kappa shape index (κ3) is 2.81. The van der Waals surface area contributed by atoms with Gasteiger partial charge in [0.05, 0.1) is 0 Å². The molecule has 2 heterocycles. The molecule has 1 aliphatic rings. The number of likely N-dealkylation sites (N-methyl/N-ethyl adjacent to an activating group) is 1. The van der Waals surface area contributed by atoms with Gasteiger partial charge >= 0.3 is 0 Å². The average Bonchev–Trinajstić information content (AvgIpc) is 3.08. The van der Waals surface area contributed by atoms with Gasteiger partial charge in [0.2, 0.25) is 0 Å². The fraction of sp³-hybridized carbons (Fsp3) is 0.714.